The van der Waals surface area contributed by atoms with E-state index in [1.165, 1.54) is 12.1 Å². The highest BCUT2D eigenvalue weighted by Crippen LogP contribution is 2.26. The first-order valence-corrected chi connectivity index (χ1v) is 11.9. The zero-order valence-corrected chi connectivity index (χ0v) is 20.5. The molecule has 0 radical (unpaired) electrons. The molecule has 0 aliphatic carbocycles. The average Bonchev–Trinajstić information content (AvgIpc) is 2.89. The Kier molecular flexibility index (Phi) is 8.05. The lowest BCUT2D eigenvalue weighted by molar-refractivity contribution is 0.0725. The summed E-state index contributed by atoms with van der Waals surface area (Å²) in [5.41, 5.74) is 14.8. The van der Waals surface area contributed by atoms with Crippen LogP contribution in [0.1, 0.15) is 40.5 Å². The summed E-state index contributed by atoms with van der Waals surface area (Å²) in [6.45, 7) is 2.76. The molecule has 0 saturated carbocycles. The monoisotopic (exact) mass is 496 g/mol. The lowest BCUT2D eigenvalue weighted by atomic mass is 10.1. The third-order valence-electron chi connectivity index (χ3n) is 5.53. The third kappa shape index (κ3) is 6.89. The minimum atomic E-state index is -0.545. The fourth-order valence-electron chi connectivity index (χ4n) is 3.58. The molecule has 188 valence electrons. The molecule has 7 heteroatoms. The number of esters is 2. The SMILES string of the molecule is CCCCOc1ccc(C(=O)Oc2ccc(-c3ccc(OC(=O)c4cc(N)cc(N)c4)cc3)cc2)cc1. The highest BCUT2D eigenvalue weighted by molar-refractivity contribution is 5.93. The molecule has 0 atom stereocenters. The summed E-state index contributed by atoms with van der Waals surface area (Å²) < 4.78 is 16.5. The number of hydrogen-bond acceptors (Lipinski definition) is 7. The van der Waals surface area contributed by atoms with Gasteiger partial charge in [0.05, 0.1) is 17.7 Å². The van der Waals surface area contributed by atoms with Gasteiger partial charge in [0, 0.05) is 11.4 Å². The van der Waals surface area contributed by atoms with Gasteiger partial charge in [0.2, 0.25) is 0 Å². The summed E-state index contributed by atoms with van der Waals surface area (Å²) in [6, 6.07) is 25.7. The van der Waals surface area contributed by atoms with Gasteiger partial charge in [0.15, 0.2) is 0 Å². The molecule has 0 bridgehead atoms. The van der Waals surface area contributed by atoms with Crippen molar-refractivity contribution in [2.75, 3.05) is 18.1 Å². The topological polar surface area (TPSA) is 114 Å². The summed E-state index contributed by atoms with van der Waals surface area (Å²) in [5.74, 6) is 0.563. The molecule has 0 aromatic heterocycles. The number of carbonyl (C=O) groups is 2. The van der Waals surface area contributed by atoms with E-state index < -0.39 is 11.9 Å². The maximum absolute atomic E-state index is 12.5. The Labute approximate surface area is 215 Å². The summed E-state index contributed by atoms with van der Waals surface area (Å²) in [5, 5.41) is 0. The van der Waals surface area contributed by atoms with E-state index in [9.17, 15) is 9.59 Å². The van der Waals surface area contributed by atoms with Crippen molar-refractivity contribution < 1.29 is 23.8 Å². The van der Waals surface area contributed by atoms with E-state index in [2.05, 4.69) is 6.92 Å². The van der Waals surface area contributed by atoms with Crippen molar-refractivity contribution in [2.45, 2.75) is 19.8 Å². The first-order chi connectivity index (χ1) is 17.9. The zero-order chi connectivity index (χ0) is 26.2. The molecule has 4 aromatic carbocycles. The van der Waals surface area contributed by atoms with Crippen molar-refractivity contribution in [3.63, 3.8) is 0 Å². The molecule has 4 N–H and O–H groups in total. The maximum atomic E-state index is 12.5. The van der Waals surface area contributed by atoms with Gasteiger partial charge >= 0.3 is 11.9 Å². The predicted molar refractivity (Wildman–Crippen MR) is 144 cm³/mol. The second kappa shape index (κ2) is 11.8. The first kappa shape index (κ1) is 25.3. The number of nitrogen functional groups attached to an aromatic ring is 2. The van der Waals surface area contributed by atoms with Gasteiger partial charge in [-0.05, 0) is 84.3 Å². The van der Waals surface area contributed by atoms with Crippen molar-refractivity contribution >= 4 is 23.3 Å². The van der Waals surface area contributed by atoms with Crippen LogP contribution in [0, 0.1) is 0 Å². The minimum absolute atomic E-state index is 0.281. The normalized spacial score (nSPS) is 10.5. The molecule has 0 aliphatic heterocycles. The quantitative estimate of drug-likeness (QED) is 0.124. The molecule has 0 amide bonds. The molecule has 0 spiro atoms. The maximum Gasteiger partial charge on any atom is 0.343 e. The summed E-state index contributed by atoms with van der Waals surface area (Å²) in [7, 11) is 0. The number of hydrogen-bond donors (Lipinski definition) is 2. The second-order valence-corrected chi connectivity index (χ2v) is 8.44. The number of carbonyl (C=O) groups excluding carboxylic acids is 2. The lowest BCUT2D eigenvalue weighted by Gasteiger charge is -2.09. The Morgan fingerprint density at radius 3 is 1.57 bits per heavy atom. The number of nitrogens with two attached hydrogens (primary N) is 2. The molecule has 7 nitrogen and oxygen atoms in total. The lowest BCUT2D eigenvalue weighted by Crippen LogP contribution is -2.09. The molecular formula is C30H28N2O5. The second-order valence-electron chi connectivity index (χ2n) is 8.44. The van der Waals surface area contributed by atoms with E-state index in [1.807, 2.05) is 24.3 Å². The van der Waals surface area contributed by atoms with Gasteiger partial charge in [-0.3, -0.25) is 0 Å². The Morgan fingerprint density at radius 2 is 1.08 bits per heavy atom. The van der Waals surface area contributed by atoms with Crippen molar-refractivity contribution in [2.24, 2.45) is 0 Å². The molecule has 4 rings (SSSR count). The number of ether oxygens (including phenoxy) is 3. The van der Waals surface area contributed by atoms with Crippen molar-refractivity contribution in [3.8, 4) is 28.4 Å². The smallest absolute Gasteiger partial charge is 0.343 e. The van der Waals surface area contributed by atoms with Crippen LogP contribution in [-0.2, 0) is 0 Å². The van der Waals surface area contributed by atoms with E-state index >= 15 is 0 Å². The summed E-state index contributed by atoms with van der Waals surface area (Å²) in [4.78, 5) is 24.9. The van der Waals surface area contributed by atoms with Gasteiger partial charge < -0.3 is 25.7 Å². The fourth-order valence-corrected chi connectivity index (χ4v) is 3.58. The molecule has 0 heterocycles. The van der Waals surface area contributed by atoms with E-state index in [4.69, 9.17) is 25.7 Å². The Bertz CT molecular complexity index is 1340. The van der Waals surface area contributed by atoms with Gasteiger partial charge in [-0.25, -0.2) is 9.59 Å². The molecule has 0 unspecified atom stereocenters. The number of benzene rings is 4. The molecule has 37 heavy (non-hydrogen) atoms. The van der Waals surface area contributed by atoms with E-state index in [0.29, 0.717) is 35.0 Å². The third-order valence-corrected chi connectivity index (χ3v) is 5.53. The molecule has 4 aromatic rings. The number of rotatable bonds is 9. The van der Waals surface area contributed by atoms with Crippen molar-refractivity contribution in [3.05, 3.63) is 102 Å². The Morgan fingerprint density at radius 1 is 0.622 bits per heavy atom. The molecular weight excluding hydrogens is 468 g/mol. The first-order valence-electron chi connectivity index (χ1n) is 11.9. The van der Waals surface area contributed by atoms with Gasteiger partial charge in [-0.1, -0.05) is 37.6 Å². The minimum Gasteiger partial charge on any atom is -0.494 e. The van der Waals surface area contributed by atoms with Crippen LogP contribution >= 0.6 is 0 Å². The summed E-state index contributed by atoms with van der Waals surface area (Å²) in [6.07, 6.45) is 2.04. The van der Waals surface area contributed by atoms with Gasteiger partial charge in [0.25, 0.3) is 0 Å². The standard InChI is InChI=1S/C30H28N2O5/c1-2-3-16-35-26-10-8-22(9-11-26)29(33)36-27-12-4-20(5-13-27)21-6-14-28(15-7-21)37-30(34)23-17-24(31)19-25(32)18-23/h4-15,17-19H,2-3,16,31-32H2,1H3. The summed E-state index contributed by atoms with van der Waals surface area (Å²) >= 11 is 0. The average molecular weight is 497 g/mol. The van der Waals surface area contributed by atoms with E-state index in [0.717, 1.165) is 29.7 Å². The van der Waals surface area contributed by atoms with Crippen LogP contribution in [0.15, 0.2) is 91.0 Å². The number of anilines is 2. The van der Waals surface area contributed by atoms with E-state index in [-0.39, 0.29) is 5.56 Å². The van der Waals surface area contributed by atoms with Crippen molar-refractivity contribution in [1.29, 1.82) is 0 Å². The Hall–Kier alpha value is -4.78. The van der Waals surface area contributed by atoms with Crippen molar-refractivity contribution in [1.82, 2.24) is 0 Å². The van der Waals surface area contributed by atoms with Gasteiger partial charge in [0.1, 0.15) is 17.2 Å². The highest BCUT2D eigenvalue weighted by Gasteiger charge is 2.12. The predicted octanol–water partition coefficient (Wildman–Crippen LogP) is 6.14. The van der Waals surface area contributed by atoms with Crippen LogP contribution in [0.25, 0.3) is 11.1 Å². The van der Waals surface area contributed by atoms with Crippen LogP contribution in [0.2, 0.25) is 0 Å². The Balaban J connectivity index is 1.34. The zero-order valence-electron chi connectivity index (χ0n) is 20.5. The van der Waals surface area contributed by atoms with Gasteiger partial charge in [-0.2, -0.15) is 0 Å². The van der Waals surface area contributed by atoms with Crippen LogP contribution in [-0.4, -0.2) is 18.5 Å². The highest BCUT2D eigenvalue weighted by atomic mass is 16.5. The molecule has 0 fully saturated rings. The van der Waals surface area contributed by atoms with Crippen LogP contribution in [0.4, 0.5) is 11.4 Å². The van der Waals surface area contributed by atoms with E-state index in [1.54, 1.807) is 54.6 Å². The van der Waals surface area contributed by atoms with Gasteiger partial charge in [-0.15, -0.1) is 0 Å². The van der Waals surface area contributed by atoms with Crippen LogP contribution < -0.4 is 25.7 Å². The largest absolute Gasteiger partial charge is 0.494 e. The fraction of sp³-hybridized carbons (Fsp3) is 0.133. The molecule has 0 saturated heterocycles. The molecule has 0 aliphatic rings. The number of unbranched alkanes of at least 4 members (excludes halogenated alkanes) is 1. The van der Waals surface area contributed by atoms with Crippen LogP contribution in [0.3, 0.4) is 0 Å². The van der Waals surface area contributed by atoms with Crippen LogP contribution in [0.5, 0.6) is 17.2 Å².